The van der Waals surface area contributed by atoms with Gasteiger partial charge in [0.05, 0.1) is 29.5 Å². The Morgan fingerprint density at radius 2 is 2.24 bits per heavy atom. The third-order valence-corrected chi connectivity index (χ3v) is 3.67. The van der Waals surface area contributed by atoms with Gasteiger partial charge in [-0.2, -0.15) is 0 Å². The Bertz CT molecular complexity index is 848. The van der Waals surface area contributed by atoms with Crippen LogP contribution in [0.15, 0.2) is 29.8 Å². The van der Waals surface area contributed by atoms with Crippen molar-refractivity contribution in [3.63, 3.8) is 0 Å². The van der Waals surface area contributed by atoms with Crippen LogP contribution in [0.1, 0.15) is 23.7 Å². The van der Waals surface area contributed by atoms with E-state index < -0.39 is 0 Å². The smallest absolute Gasteiger partial charge is 0.143 e. The summed E-state index contributed by atoms with van der Waals surface area (Å²) in [5.41, 5.74) is 5.04. The second-order valence-corrected chi connectivity index (χ2v) is 4.97. The minimum Gasteiger partial charge on any atom is -0.346 e. The molecular weight excluding hydrogens is 264 g/mol. The second-order valence-electron chi connectivity index (χ2n) is 4.97. The monoisotopic (exact) mass is 278 g/mol. The van der Waals surface area contributed by atoms with Crippen molar-refractivity contribution < 1.29 is 0 Å². The normalized spacial score (nSPS) is 12.8. The highest BCUT2D eigenvalue weighted by molar-refractivity contribution is 5.92. The van der Waals surface area contributed by atoms with Crippen LogP contribution >= 0.6 is 0 Å². The van der Waals surface area contributed by atoms with E-state index >= 15 is 0 Å². The predicted molar refractivity (Wildman–Crippen MR) is 82.1 cm³/mol. The summed E-state index contributed by atoms with van der Waals surface area (Å²) >= 11 is 0. The Balaban J connectivity index is 1.77. The summed E-state index contributed by atoms with van der Waals surface area (Å²) < 4.78 is 0. The number of anilines is 2. The van der Waals surface area contributed by atoms with Gasteiger partial charge in [0.1, 0.15) is 17.8 Å². The lowest BCUT2D eigenvalue weighted by Crippen LogP contribution is -1.99. The van der Waals surface area contributed by atoms with Gasteiger partial charge in [0, 0.05) is 18.0 Å². The van der Waals surface area contributed by atoms with Crippen LogP contribution in [0.2, 0.25) is 0 Å². The first-order chi connectivity index (χ1) is 10.3. The van der Waals surface area contributed by atoms with Crippen LogP contribution in [0.3, 0.4) is 0 Å². The number of hydrogen-bond donors (Lipinski definition) is 2. The Morgan fingerprint density at radius 1 is 1.29 bits per heavy atom. The minimum atomic E-state index is 0.672. The highest BCUT2D eigenvalue weighted by atomic mass is 15.0. The van der Waals surface area contributed by atoms with Crippen molar-refractivity contribution >= 4 is 28.8 Å². The number of aromatic nitrogens is 4. The molecule has 2 N–H and O–H groups in total. The van der Waals surface area contributed by atoms with Crippen LogP contribution in [-0.2, 0) is 13.0 Å². The van der Waals surface area contributed by atoms with Crippen LogP contribution in [0.5, 0.6) is 0 Å². The van der Waals surface area contributed by atoms with Crippen molar-refractivity contribution in [3.05, 3.63) is 41.6 Å². The average molecular weight is 278 g/mol. The number of aromatic amines is 1. The van der Waals surface area contributed by atoms with E-state index in [1.165, 1.54) is 5.56 Å². The maximum atomic E-state index is 4.43. The molecule has 4 rings (SSSR count). The average Bonchev–Trinajstić information content (AvgIpc) is 3.13. The SMILES string of the molecule is CCc1c[nH]c2ncnc(Nc3cnc4c(c3)C=NC4)c12. The van der Waals surface area contributed by atoms with Gasteiger partial charge in [-0.15, -0.1) is 0 Å². The van der Waals surface area contributed by atoms with Gasteiger partial charge in [-0.3, -0.25) is 9.98 Å². The van der Waals surface area contributed by atoms with Gasteiger partial charge in [0.25, 0.3) is 0 Å². The first-order valence-corrected chi connectivity index (χ1v) is 6.92. The molecule has 3 aromatic heterocycles. The van der Waals surface area contributed by atoms with Gasteiger partial charge in [0.15, 0.2) is 0 Å². The van der Waals surface area contributed by atoms with Crippen molar-refractivity contribution in [2.45, 2.75) is 19.9 Å². The zero-order chi connectivity index (χ0) is 14.2. The molecule has 0 radical (unpaired) electrons. The Hall–Kier alpha value is -2.76. The minimum absolute atomic E-state index is 0.672. The molecule has 0 saturated carbocycles. The fourth-order valence-electron chi connectivity index (χ4n) is 2.59. The molecule has 3 aromatic rings. The molecule has 0 bridgehead atoms. The number of nitrogens with one attached hydrogen (secondary N) is 2. The van der Waals surface area contributed by atoms with E-state index in [1.54, 1.807) is 6.33 Å². The van der Waals surface area contributed by atoms with Crippen LogP contribution in [-0.4, -0.2) is 26.2 Å². The molecule has 0 saturated heterocycles. The van der Waals surface area contributed by atoms with Crippen LogP contribution < -0.4 is 5.32 Å². The summed E-state index contributed by atoms with van der Waals surface area (Å²) in [6.45, 7) is 2.79. The topological polar surface area (TPSA) is 78.9 Å². The van der Waals surface area contributed by atoms with Gasteiger partial charge in [-0.05, 0) is 18.1 Å². The molecule has 0 aromatic carbocycles. The predicted octanol–water partition coefficient (Wildman–Crippen LogP) is 2.59. The molecule has 1 aliphatic rings. The fraction of sp³-hybridized carbons (Fsp3) is 0.200. The Kier molecular flexibility index (Phi) is 2.67. The molecule has 0 unspecified atom stereocenters. The molecule has 0 fully saturated rings. The van der Waals surface area contributed by atoms with E-state index in [9.17, 15) is 0 Å². The molecular formula is C15H14N6. The van der Waals surface area contributed by atoms with Gasteiger partial charge in [-0.1, -0.05) is 6.92 Å². The number of rotatable bonds is 3. The molecule has 21 heavy (non-hydrogen) atoms. The third kappa shape index (κ3) is 1.96. The van der Waals surface area contributed by atoms with Crippen molar-refractivity contribution in [1.29, 1.82) is 0 Å². The molecule has 0 spiro atoms. The molecule has 1 aliphatic heterocycles. The molecule has 4 heterocycles. The van der Waals surface area contributed by atoms with Crippen molar-refractivity contribution in [1.82, 2.24) is 19.9 Å². The number of nitrogens with zero attached hydrogens (tertiary/aromatic N) is 4. The number of H-pyrrole nitrogens is 1. The summed E-state index contributed by atoms with van der Waals surface area (Å²) in [6.07, 6.45) is 8.15. The van der Waals surface area contributed by atoms with Crippen LogP contribution in [0, 0.1) is 0 Å². The highest BCUT2D eigenvalue weighted by Crippen LogP contribution is 2.27. The molecule has 6 nitrogen and oxygen atoms in total. The second kappa shape index (κ2) is 4.66. The maximum Gasteiger partial charge on any atom is 0.143 e. The van der Waals surface area contributed by atoms with E-state index in [1.807, 2.05) is 24.7 Å². The van der Waals surface area contributed by atoms with Crippen molar-refractivity contribution in [2.24, 2.45) is 4.99 Å². The number of pyridine rings is 1. The summed E-state index contributed by atoms with van der Waals surface area (Å²) in [6, 6.07) is 2.05. The van der Waals surface area contributed by atoms with E-state index in [4.69, 9.17) is 0 Å². The van der Waals surface area contributed by atoms with E-state index in [0.29, 0.717) is 6.54 Å². The van der Waals surface area contributed by atoms with Gasteiger partial charge >= 0.3 is 0 Å². The molecule has 6 heteroatoms. The van der Waals surface area contributed by atoms with Crippen molar-refractivity contribution in [2.75, 3.05) is 5.32 Å². The summed E-state index contributed by atoms with van der Waals surface area (Å²) in [4.78, 5) is 20.5. The summed E-state index contributed by atoms with van der Waals surface area (Å²) in [5.74, 6) is 0.801. The van der Waals surface area contributed by atoms with E-state index in [-0.39, 0.29) is 0 Å². The Morgan fingerprint density at radius 3 is 3.14 bits per heavy atom. The van der Waals surface area contributed by atoms with Crippen LogP contribution in [0.4, 0.5) is 11.5 Å². The first-order valence-electron chi connectivity index (χ1n) is 6.92. The van der Waals surface area contributed by atoms with Crippen LogP contribution in [0.25, 0.3) is 11.0 Å². The fourth-order valence-corrected chi connectivity index (χ4v) is 2.59. The number of hydrogen-bond acceptors (Lipinski definition) is 5. The molecule has 0 aliphatic carbocycles. The van der Waals surface area contributed by atoms with E-state index in [2.05, 4.69) is 37.2 Å². The number of aryl methyl sites for hydroxylation is 1. The zero-order valence-corrected chi connectivity index (χ0v) is 11.6. The Labute approximate surface area is 121 Å². The van der Waals surface area contributed by atoms with Crippen molar-refractivity contribution in [3.8, 4) is 0 Å². The zero-order valence-electron chi connectivity index (χ0n) is 11.6. The van der Waals surface area contributed by atoms with Gasteiger partial charge in [-0.25, -0.2) is 9.97 Å². The molecule has 104 valence electrons. The lowest BCUT2D eigenvalue weighted by Gasteiger charge is -2.08. The highest BCUT2D eigenvalue weighted by Gasteiger charge is 2.12. The largest absolute Gasteiger partial charge is 0.346 e. The summed E-state index contributed by atoms with van der Waals surface area (Å²) in [7, 11) is 0. The van der Waals surface area contributed by atoms with Gasteiger partial charge < -0.3 is 10.3 Å². The quantitative estimate of drug-likeness (QED) is 0.771. The number of aliphatic imine (C=N–C) groups is 1. The lowest BCUT2D eigenvalue weighted by molar-refractivity contribution is 1.02. The molecule has 0 amide bonds. The summed E-state index contributed by atoms with van der Waals surface area (Å²) in [5, 5.41) is 4.38. The maximum absolute atomic E-state index is 4.43. The lowest BCUT2D eigenvalue weighted by atomic mass is 10.2. The number of fused-ring (bicyclic) bond motifs is 2. The third-order valence-electron chi connectivity index (χ3n) is 3.67. The standard InChI is InChI=1S/C15H14N6/c1-2-9-5-18-14-13(9)15(20-8-19-14)21-11-3-10-4-16-7-12(10)17-6-11/h3-6,8H,2,7H2,1H3,(H2,18,19,20,21). The molecule has 0 atom stereocenters. The first kappa shape index (κ1) is 12.0. The van der Waals surface area contributed by atoms with Gasteiger partial charge in [0.2, 0.25) is 0 Å². The van der Waals surface area contributed by atoms with E-state index in [0.717, 1.165) is 40.2 Å².